The maximum Gasteiger partial charge on any atom is 0.242 e. The highest BCUT2D eigenvalue weighted by atomic mass is 79.9. The summed E-state index contributed by atoms with van der Waals surface area (Å²) in [6, 6.07) is 23.2. The molecule has 3 aromatic rings. The summed E-state index contributed by atoms with van der Waals surface area (Å²) < 4.78 is 0.974. The van der Waals surface area contributed by atoms with Crippen LogP contribution in [0.4, 0.5) is 0 Å². The Balaban J connectivity index is 1.95. The Bertz CT molecular complexity index is 1040. The van der Waals surface area contributed by atoms with Crippen LogP contribution in [0.5, 0.6) is 0 Å². The number of carbonyl (C=O) groups is 2. The Kier molecular flexibility index (Phi) is 8.23. The predicted molar refractivity (Wildman–Crippen MR) is 132 cm³/mol. The van der Waals surface area contributed by atoms with E-state index in [1.807, 2.05) is 80.6 Å². The molecule has 0 heterocycles. The molecule has 0 saturated carbocycles. The van der Waals surface area contributed by atoms with Gasteiger partial charge in [-0.2, -0.15) is 0 Å². The van der Waals surface area contributed by atoms with Crippen LogP contribution in [0.15, 0.2) is 77.3 Å². The van der Waals surface area contributed by atoms with E-state index in [0.717, 1.165) is 32.3 Å². The van der Waals surface area contributed by atoms with Crippen molar-refractivity contribution in [3.63, 3.8) is 0 Å². The maximum absolute atomic E-state index is 13.6. The lowest BCUT2D eigenvalue weighted by Gasteiger charge is -2.31. The fourth-order valence-electron chi connectivity index (χ4n) is 3.95. The molecule has 0 bridgehead atoms. The van der Waals surface area contributed by atoms with E-state index in [1.165, 1.54) is 0 Å². The van der Waals surface area contributed by atoms with E-state index in [-0.39, 0.29) is 18.2 Å². The Labute approximate surface area is 198 Å². The molecule has 0 aliphatic rings. The number of likely N-dealkylation sites (N-methyl/N-ethyl adjacent to an activating group) is 1. The second-order valence-electron chi connectivity index (χ2n) is 8.14. The Morgan fingerprint density at radius 2 is 1.50 bits per heavy atom. The van der Waals surface area contributed by atoms with Crippen LogP contribution >= 0.6 is 15.9 Å². The summed E-state index contributed by atoms with van der Waals surface area (Å²) in [5.41, 5.74) is 5.20. The standard InChI is InChI=1S/C27H29BrN2O2/c1-19-13-20(2)15-23(14-19)17-26(31)30(18-22-9-11-24(28)12-10-22)25(27(32)29-3)16-21-7-5-4-6-8-21/h4-15,25H,16-18H2,1-3H3,(H,29,32)/t25-/m1/s1. The van der Waals surface area contributed by atoms with Crippen molar-refractivity contribution in [3.05, 3.63) is 105 Å². The lowest BCUT2D eigenvalue weighted by Crippen LogP contribution is -2.50. The van der Waals surface area contributed by atoms with Crippen molar-refractivity contribution >= 4 is 27.7 Å². The summed E-state index contributed by atoms with van der Waals surface area (Å²) in [6.07, 6.45) is 0.705. The van der Waals surface area contributed by atoms with E-state index >= 15 is 0 Å². The lowest BCUT2D eigenvalue weighted by atomic mass is 10.0. The summed E-state index contributed by atoms with van der Waals surface area (Å²) in [5.74, 6) is -0.234. The molecule has 0 aliphatic carbocycles. The molecule has 0 radical (unpaired) electrons. The van der Waals surface area contributed by atoms with Gasteiger partial charge in [0.15, 0.2) is 0 Å². The fraction of sp³-hybridized carbons (Fsp3) is 0.259. The topological polar surface area (TPSA) is 49.4 Å². The number of carbonyl (C=O) groups excluding carboxylic acids is 2. The van der Waals surface area contributed by atoms with Crippen molar-refractivity contribution in [3.8, 4) is 0 Å². The predicted octanol–water partition coefficient (Wildman–Crippen LogP) is 4.99. The average Bonchev–Trinajstić information content (AvgIpc) is 2.76. The number of nitrogens with one attached hydrogen (secondary N) is 1. The van der Waals surface area contributed by atoms with E-state index in [0.29, 0.717) is 13.0 Å². The molecular weight excluding hydrogens is 464 g/mol. The van der Waals surface area contributed by atoms with Crippen LogP contribution in [0.2, 0.25) is 0 Å². The zero-order chi connectivity index (χ0) is 23.1. The summed E-state index contributed by atoms with van der Waals surface area (Å²) >= 11 is 3.46. The van der Waals surface area contributed by atoms with Gasteiger partial charge < -0.3 is 10.2 Å². The molecule has 3 aromatic carbocycles. The first-order valence-electron chi connectivity index (χ1n) is 10.7. The maximum atomic E-state index is 13.6. The Hall–Kier alpha value is -2.92. The molecule has 32 heavy (non-hydrogen) atoms. The minimum absolute atomic E-state index is 0.0672. The first kappa shape index (κ1) is 23.7. The van der Waals surface area contributed by atoms with Gasteiger partial charge in [-0.05, 0) is 42.7 Å². The zero-order valence-electron chi connectivity index (χ0n) is 18.8. The molecule has 0 aromatic heterocycles. The number of hydrogen-bond acceptors (Lipinski definition) is 2. The van der Waals surface area contributed by atoms with Gasteiger partial charge in [-0.25, -0.2) is 0 Å². The number of rotatable bonds is 8. The van der Waals surface area contributed by atoms with E-state index in [4.69, 9.17) is 0 Å². The van der Waals surface area contributed by atoms with Gasteiger partial charge in [0.05, 0.1) is 6.42 Å². The second-order valence-corrected chi connectivity index (χ2v) is 9.06. The molecular formula is C27H29BrN2O2. The molecule has 2 amide bonds. The van der Waals surface area contributed by atoms with Gasteiger partial charge in [0.2, 0.25) is 11.8 Å². The SMILES string of the molecule is CNC(=O)[C@@H](Cc1ccccc1)N(Cc1ccc(Br)cc1)C(=O)Cc1cc(C)cc(C)c1. The lowest BCUT2D eigenvalue weighted by molar-refractivity contribution is -0.140. The minimum Gasteiger partial charge on any atom is -0.357 e. The van der Waals surface area contributed by atoms with Gasteiger partial charge in [0.25, 0.3) is 0 Å². The Morgan fingerprint density at radius 3 is 2.09 bits per heavy atom. The third kappa shape index (κ3) is 6.54. The highest BCUT2D eigenvalue weighted by molar-refractivity contribution is 9.10. The third-order valence-corrected chi connectivity index (χ3v) is 5.95. The smallest absolute Gasteiger partial charge is 0.242 e. The highest BCUT2D eigenvalue weighted by Gasteiger charge is 2.29. The van der Waals surface area contributed by atoms with Crippen molar-refractivity contribution in [1.29, 1.82) is 0 Å². The normalized spacial score (nSPS) is 11.6. The van der Waals surface area contributed by atoms with E-state index in [9.17, 15) is 9.59 Å². The number of amides is 2. The van der Waals surface area contributed by atoms with Crippen molar-refractivity contribution in [2.24, 2.45) is 0 Å². The molecule has 5 heteroatoms. The van der Waals surface area contributed by atoms with Crippen LogP contribution in [0.25, 0.3) is 0 Å². The van der Waals surface area contributed by atoms with Crippen LogP contribution in [-0.4, -0.2) is 29.8 Å². The largest absolute Gasteiger partial charge is 0.357 e. The van der Waals surface area contributed by atoms with Crippen molar-refractivity contribution in [2.75, 3.05) is 7.05 Å². The molecule has 0 saturated heterocycles. The molecule has 0 spiro atoms. The molecule has 1 N–H and O–H groups in total. The number of nitrogens with zero attached hydrogens (tertiary/aromatic N) is 1. The van der Waals surface area contributed by atoms with Crippen LogP contribution in [-0.2, 0) is 29.0 Å². The molecule has 0 fully saturated rings. The molecule has 3 rings (SSSR count). The molecule has 0 aliphatic heterocycles. The van der Waals surface area contributed by atoms with E-state index in [1.54, 1.807) is 11.9 Å². The number of hydrogen-bond donors (Lipinski definition) is 1. The average molecular weight is 493 g/mol. The quantitative estimate of drug-likeness (QED) is 0.481. The summed E-state index contributed by atoms with van der Waals surface area (Å²) in [4.78, 5) is 28.3. The molecule has 4 nitrogen and oxygen atoms in total. The van der Waals surface area contributed by atoms with Crippen molar-refractivity contribution < 1.29 is 9.59 Å². The van der Waals surface area contributed by atoms with E-state index in [2.05, 4.69) is 27.3 Å². The van der Waals surface area contributed by atoms with Gasteiger partial charge in [0, 0.05) is 24.5 Å². The number of aryl methyl sites for hydroxylation is 2. The van der Waals surface area contributed by atoms with Crippen LogP contribution in [0.3, 0.4) is 0 Å². The van der Waals surface area contributed by atoms with Gasteiger partial charge in [-0.1, -0.05) is 87.7 Å². The van der Waals surface area contributed by atoms with Crippen LogP contribution in [0, 0.1) is 13.8 Å². The third-order valence-electron chi connectivity index (χ3n) is 5.42. The van der Waals surface area contributed by atoms with Crippen LogP contribution in [0.1, 0.15) is 27.8 Å². The Morgan fingerprint density at radius 1 is 0.875 bits per heavy atom. The van der Waals surface area contributed by atoms with Gasteiger partial charge in [-0.3, -0.25) is 9.59 Å². The zero-order valence-corrected chi connectivity index (χ0v) is 20.4. The summed E-state index contributed by atoms with van der Waals surface area (Å²) in [6.45, 7) is 4.43. The molecule has 0 unspecified atom stereocenters. The first-order chi connectivity index (χ1) is 15.4. The molecule has 166 valence electrons. The minimum atomic E-state index is -0.607. The summed E-state index contributed by atoms with van der Waals surface area (Å²) in [7, 11) is 1.62. The number of halogens is 1. The monoisotopic (exact) mass is 492 g/mol. The van der Waals surface area contributed by atoms with Crippen LogP contribution < -0.4 is 5.32 Å². The fourth-order valence-corrected chi connectivity index (χ4v) is 4.22. The van der Waals surface area contributed by atoms with Gasteiger partial charge in [-0.15, -0.1) is 0 Å². The van der Waals surface area contributed by atoms with Gasteiger partial charge >= 0.3 is 0 Å². The van der Waals surface area contributed by atoms with Gasteiger partial charge in [0.1, 0.15) is 6.04 Å². The number of benzene rings is 3. The van der Waals surface area contributed by atoms with Crippen molar-refractivity contribution in [1.82, 2.24) is 10.2 Å². The van der Waals surface area contributed by atoms with E-state index < -0.39 is 6.04 Å². The molecule has 1 atom stereocenters. The van der Waals surface area contributed by atoms with Crippen molar-refractivity contribution in [2.45, 2.75) is 39.3 Å². The second kappa shape index (κ2) is 11.1. The first-order valence-corrected chi connectivity index (χ1v) is 11.5. The summed E-state index contributed by atoms with van der Waals surface area (Å²) in [5, 5.41) is 2.76. The highest BCUT2D eigenvalue weighted by Crippen LogP contribution is 2.19.